The minimum absolute atomic E-state index is 0.646. The van der Waals surface area contributed by atoms with Crippen LogP contribution < -0.4 is 5.32 Å². The zero-order valence-electron chi connectivity index (χ0n) is 8.45. The van der Waals surface area contributed by atoms with Crippen molar-refractivity contribution in [3.8, 4) is 0 Å². The van der Waals surface area contributed by atoms with E-state index in [1.54, 1.807) is 0 Å². The molecule has 0 radical (unpaired) electrons. The van der Waals surface area contributed by atoms with Crippen molar-refractivity contribution >= 4 is 27.7 Å². The summed E-state index contributed by atoms with van der Waals surface area (Å²) in [6.07, 6.45) is 1.36. The Hall–Kier alpha value is 0.01000. The third-order valence-electron chi connectivity index (χ3n) is 3.43. The van der Waals surface area contributed by atoms with Crippen LogP contribution in [0.4, 0.5) is 0 Å². The number of benzene rings is 1. The van der Waals surface area contributed by atoms with Gasteiger partial charge in [0.2, 0.25) is 0 Å². The molecule has 0 saturated carbocycles. The standard InChI is InChI=1S/C12H14BrNS/c13-10-4-2-1-3-9(10)12-11-8(7-15-12)5-6-14-11/h1-4,8,11-12,14H,5-7H2. The van der Waals surface area contributed by atoms with Gasteiger partial charge >= 0.3 is 0 Å². The van der Waals surface area contributed by atoms with Crippen molar-refractivity contribution in [2.75, 3.05) is 12.3 Å². The molecule has 2 aliphatic heterocycles. The van der Waals surface area contributed by atoms with Crippen LogP contribution in [0.3, 0.4) is 0 Å². The largest absolute Gasteiger partial charge is 0.312 e. The van der Waals surface area contributed by atoms with Crippen molar-refractivity contribution in [1.82, 2.24) is 5.32 Å². The second-order valence-electron chi connectivity index (χ2n) is 4.30. The van der Waals surface area contributed by atoms with Gasteiger partial charge in [-0.1, -0.05) is 34.1 Å². The Kier molecular flexibility index (Phi) is 2.79. The van der Waals surface area contributed by atoms with Crippen LogP contribution in [0.1, 0.15) is 17.2 Å². The summed E-state index contributed by atoms with van der Waals surface area (Å²) < 4.78 is 1.26. The quantitative estimate of drug-likeness (QED) is 0.850. The normalized spacial score (nSPS) is 34.3. The van der Waals surface area contributed by atoms with Crippen LogP contribution in [0.25, 0.3) is 0 Å². The molecule has 3 heteroatoms. The third-order valence-corrected chi connectivity index (χ3v) is 5.68. The van der Waals surface area contributed by atoms with Crippen LogP contribution in [0, 0.1) is 5.92 Å². The van der Waals surface area contributed by atoms with E-state index in [2.05, 4.69) is 57.3 Å². The van der Waals surface area contributed by atoms with Gasteiger partial charge in [-0.25, -0.2) is 0 Å². The van der Waals surface area contributed by atoms with Crippen LogP contribution in [0.5, 0.6) is 0 Å². The highest BCUT2D eigenvalue weighted by Crippen LogP contribution is 2.48. The number of nitrogens with one attached hydrogen (secondary N) is 1. The summed E-state index contributed by atoms with van der Waals surface area (Å²) in [7, 11) is 0. The van der Waals surface area contributed by atoms with E-state index >= 15 is 0 Å². The summed E-state index contributed by atoms with van der Waals surface area (Å²) in [6.45, 7) is 1.21. The highest BCUT2D eigenvalue weighted by molar-refractivity contribution is 9.10. The van der Waals surface area contributed by atoms with Gasteiger partial charge in [0, 0.05) is 15.8 Å². The maximum Gasteiger partial charge on any atom is 0.0464 e. The van der Waals surface area contributed by atoms with E-state index in [0.717, 1.165) is 5.92 Å². The monoisotopic (exact) mass is 283 g/mol. The molecule has 1 N–H and O–H groups in total. The van der Waals surface area contributed by atoms with E-state index in [1.165, 1.54) is 28.8 Å². The highest BCUT2D eigenvalue weighted by Gasteiger charge is 2.40. The smallest absolute Gasteiger partial charge is 0.0464 e. The summed E-state index contributed by atoms with van der Waals surface area (Å²) in [6, 6.07) is 9.34. The Bertz CT molecular complexity index is 368. The molecule has 2 saturated heterocycles. The van der Waals surface area contributed by atoms with Gasteiger partial charge in [0.05, 0.1) is 0 Å². The summed E-state index contributed by atoms with van der Waals surface area (Å²) >= 11 is 5.77. The maximum absolute atomic E-state index is 3.66. The third kappa shape index (κ3) is 1.75. The van der Waals surface area contributed by atoms with Crippen molar-refractivity contribution in [1.29, 1.82) is 0 Å². The molecule has 0 spiro atoms. The number of hydrogen-bond acceptors (Lipinski definition) is 2. The fourth-order valence-corrected chi connectivity index (χ4v) is 5.07. The average Bonchev–Trinajstić information content (AvgIpc) is 2.80. The second-order valence-corrected chi connectivity index (χ2v) is 6.33. The number of fused-ring (bicyclic) bond motifs is 1. The van der Waals surface area contributed by atoms with Gasteiger partial charge in [-0.15, -0.1) is 0 Å². The summed E-state index contributed by atoms with van der Waals surface area (Å²) in [4.78, 5) is 0. The lowest BCUT2D eigenvalue weighted by Gasteiger charge is -2.19. The van der Waals surface area contributed by atoms with E-state index in [0.29, 0.717) is 11.3 Å². The zero-order valence-corrected chi connectivity index (χ0v) is 10.9. The maximum atomic E-state index is 3.66. The van der Waals surface area contributed by atoms with E-state index in [1.807, 2.05) is 0 Å². The van der Waals surface area contributed by atoms with Crippen LogP contribution in [-0.4, -0.2) is 18.3 Å². The molecule has 1 aromatic rings. The first-order valence-electron chi connectivity index (χ1n) is 5.45. The molecular weight excluding hydrogens is 270 g/mol. The number of thioether (sulfide) groups is 1. The Morgan fingerprint density at radius 1 is 1.33 bits per heavy atom. The first-order valence-corrected chi connectivity index (χ1v) is 7.30. The van der Waals surface area contributed by atoms with E-state index < -0.39 is 0 Å². The first-order chi connectivity index (χ1) is 7.36. The molecule has 0 bridgehead atoms. The van der Waals surface area contributed by atoms with Gasteiger partial charge in [0.15, 0.2) is 0 Å². The molecule has 0 amide bonds. The molecular formula is C12H14BrNS. The van der Waals surface area contributed by atoms with Crippen LogP contribution in [0.15, 0.2) is 28.7 Å². The fourth-order valence-electron chi connectivity index (χ4n) is 2.64. The molecule has 2 fully saturated rings. The van der Waals surface area contributed by atoms with Gasteiger partial charge in [-0.3, -0.25) is 0 Å². The topological polar surface area (TPSA) is 12.0 Å². The SMILES string of the molecule is Brc1ccccc1C1SCC2CCNC21. The molecule has 1 aromatic carbocycles. The minimum Gasteiger partial charge on any atom is -0.312 e. The predicted molar refractivity (Wildman–Crippen MR) is 69.2 cm³/mol. The van der Waals surface area contributed by atoms with Gasteiger partial charge in [0.1, 0.15) is 0 Å². The van der Waals surface area contributed by atoms with Gasteiger partial charge < -0.3 is 5.32 Å². The van der Waals surface area contributed by atoms with Crippen LogP contribution in [0.2, 0.25) is 0 Å². The number of rotatable bonds is 1. The second kappa shape index (κ2) is 4.11. The number of hydrogen-bond donors (Lipinski definition) is 1. The van der Waals surface area contributed by atoms with E-state index in [9.17, 15) is 0 Å². The molecule has 1 nitrogen and oxygen atoms in total. The van der Waals surface area contributed by atoms with E-state index in [-0.39, 0.29) is 0 Å². The molecule has 3 atom stereocenters. The lowest BCUT2D eigenvalue weighted by atomic mass is 9.96. The lowest BCUT2D eigenvalue weighted by Crippen LogP contribution is -2.28. The molecule has 15 heavy (non-hydrogen) atoms. The van der Waals surface area contributed by atoms with Crippen molar-refractivity contribution in [3.63, 3.8) is 0 Å². The summed E-state index contributed by atoms with van der Waals surface area (Å²) in [5.74, 6) is 2.22. The highest BCUT2D eigenvalue weighted by atomic mass is 79.9. The molecule has 2 heterocycles. The summed E-state index contributed by atoms with van der Waals surface area (Å²) in [5, 5.41) is 4.30. The Morgan fingerprint density at radius 3 is 3.07 bits per heavy atom. The molecule has 0 aliphatic carbocycles. The Morgan fingerprint density at radius 2 is 2.20 bits per heavy atom. The molecule has 0 aromatic heterocycles. The van der Waals surface area contributed by atoms with Gasteiger partial charge in [-0.05, 0) is 36.3 Å². The minimum atomic E-state index is 0.646. The fraction of sp³-hybridized carbons (Fsp3) is 0.500. The molecule has 2 aliphatic rings. The predicted octanol–water partition coefficient (Wildman–Crippen LogP) is 3.22. The molecule has 3 rings (SSSR count). The van der Waals surface area contributed by atoms with Crippen molar-refractivity contribution in [2.45, 2.75) is 17.7 Å². The van der Waals surface area contributed by atoms with E-state index in [4.69, 9.17) is 0 Å². The molecule has 80 valence electrons. The van der Waals surface area contributed by atoms with Gasteiger partial charge in [0.25, 0.3) is 0 Å². The Labute approximate surface area is 103 Å². The van der Waals surface area contributed by atoms with Crippen LogP contribution in [-0.2, 0) is 0 Å². The van der Waals surface area contributed by atoms with Crippen molar-refractivity contribution in [3.05, 3.63) is 34.3 Å². The first kappa shape index (κ1) is 10.2. The summed E-state index contributed by atoms with van der Waals surface area (Å²) in [5.41, 5.74) is 1.46. The zero-order chi connectivity index (χ0) is 10.3. The average molecular weight is 284 g/mol. The lowest BCUT2D eigenvalue weighted by molar-refractivity contribution is 0.505. The number of halogens is 1. The van der Waals surface area contributed by atoms with Gasteiger partial charge in [-0.2, -0.15) is 11.8 Å². The van der Waals surface area contributed by atoms with Crippen molar-refractivity contribution in [2.24, 2.45) is 5.92 Å². The van der Waals surface area contributed by atoms with Crippen molar-refractivity contribution < 1.29 is 0 Å². The van der Waals surface area contributed by atoms with Crippen LogP contribution >= 0.6 is 27.7 Å². The molecule has 3 unspecified atom stereocenters. The Balaban J connectivity index is 1.91.